The first-order valence-electron chi connectivity index (χ1n) is 3.70. The fraction of sp³-hybridized carbons (Fsp3) is 0.571. The summed E-state index contributed by atoms with van der Waals surface area (Å²) in [6.45, 7) is 4.07. The van der Waals surface area contributed by atoms with Gasteiger partial charge in [0.1, 0.15) is 5.82 Å². The maximum absolute atomic E-state index is 5.60. The van der Waals surface area contributed by atoms with Gasteiger partial charge in [-0.3, -0.25) is 0 Å². The van der Waals surface area contributed by atoms with Crippen molar-refractivity contribution < 1.29 is 0 Å². The summed E-state index contributed by atoms with van der Waals surface area (Å²) >= 11 is 11.2. The fourth-order valence-electron chi connectivity index (χ4n) is 0.743. The van der Waals surface area contributed by atoms with Gasteiger partial charge in [-0.2, -0.15) is 4.98 Å². The standard InChI is InChI=1S/C7H9Cl2N3/c1-3-4(2)5-10-6(8)12-7(9)11-5/h4H,3H2,1-2H3. The third-order valence-electron chi connectivity index (χ3n) is 1.65. The Morgan fingerprint density at radius 1 is 1.17 bits per heavy atom. The summed E-state index contributed by atoms with van der Waals surface area (Å²) < 4.78 is 0. The van der Waals surface area contributed by atoms with Crippen LogP contribution in [0.3, 0.4) is 0 Å². The molecular weight excluding hydrogens is 197 g/mol. The second kappa shape index (κ2) is 4.01. The number of aromatic nitrogens is 3. The molecule has 1 heterocycles. The van der Waals surface area contributed by atoms with Gasteiger partial charge in [0.05, 0.1) is 0 Å². The first-order valence-corrected chi connectivity index (χ1v) is 4.46. The third kappa shape index (κ3) is 2.29. The summed E-state index contributed by atoms with van der Waals surface area (Å²) in [5, 5.41) is 0.315. The lowest BCUT2D eigenvalue weighted by molar-refractivity contribution is 0.671. The van der Waals surface area contributed by atoms with Crippen LogP contribution in [-0.4, -0.2) is 15.0 Å². The van der Waals surface area contributed by atoms with Gasteiger partial charge in [-0.05, 0) is 29.6 Å². The van der Waals surface area contributed by atoms with Crippen molar-refractivity contribution in [1.29, 1.82) is 0 Å². The summed E-state index contributed by atoms with van der Waals surface area (Å²) in [6, 6.07) is 0. The highest BCUT2D eigenvalue weighted by Gasteiger charge is 2.08. The molecule has 0 bridgehead atoms. The van der Waals surface area contributed by atoms with E-state index >= 15 is 0 Å². The molecule has 3 nitrogen and oxygen atoms in total. The summed E-state index contributed by atoms with van der Waals surface area (Å²) in [5.41, 5.74) is 0. The number of hydrogen-bond acceptors (Lipinski definition) is 3. The zero-order valence-corrected chi connectivity index (χ0v) is 8.39. The monoisotopic (exact) mass is 205 g/mol. The highest BCUT2D eigenvalue weighted by molar-refractivity contribution is 6.30. The lowest BCUT2D eigenvalue weighted by Crippen LogP contribution is -2.01. The van der Waals surface area contributed by atoms with Crippen LogP contribution in [-0.2, 0) is 0 Å². The summed E-state index contributed by atoms with van der Waals surface area (Å²) in [5.74, 6) is 0.922. The Kier molecular flexibility index (Phi) is 3.23. The van der Waals surface area contributed by atoms with Crippen molar-refractivity contribution in [2.75, 3.05) is 0 Å². The van der Waals surface area contributed by atoms with Crippen LogP contribution in [0, 0.1) is 0 Å². The highest BCUT2D eigenvalue weighted by Crippen LogP contribution is 2.16. The maximum Gasteiger partial charge on any atom is 0.226 e. The van der Waals surface area contributed by atoms with Gasteiger partial charge in [0.2, 0.25) is 10.6 Å². The average molecular weight is 206 g/mol. The Labute approximate surface area is 81.2 Å². The van der Waals surface area contributed by atoms with Crippen molar-refractivity contribution in [1.82, 2.24) is 15.0 Å². The molecule has 0 radical (unpaired) electrons. The smallest absolute Gasteiger partial charge is 0.202 e. The normalized spacial score (nSPS) is 13.0. The lowest BCUT2D eigenvalue weighted by Gasteiger charge is -2.05. The molecule has 0 aromatic carbocycles. The van der Waals surface area contributed by atoms with Crippen LogP contribution in [0.25, 0.3) is 0 Å². The molecule has 0 saturated heterocycles. The molecule has 12 heavy (non-hydrogen) atoms. The summed E-state index contributed by atoms with van der Waals surface area (Å²) in [7, 11) is 0. The molecule has 0 amide bonds. The van der Waals surface area contributed by atoms with E-state index in [1.54, 1.807) is 0 Å². The maximum atomic E-state index is 5.60. The molecule has 0 aliphatic rings. The topological polar surface area (TPSA) is 38.7 Å². The van der Waals surface area contributed by atoms with Gasteiger partial charge in [0, 0.05) is 5.92 Å². The van der Waals surface area contributed by atoms with E-state index in [2.05, 4.69) is 21.9 Å². The van der Waals surface area contributed by atoms with Crippen molar-refractivity contribution in [2.24, 2.45) is 0 Å². The minimum absolute atomic E-state index is 0.158. The molecule has 1 atom stereocenters. The quantitative estimate of drug-likeness (QED) is 0.746. The van der Waals surface area contributed by atoms with E-state index in [9.17, 15) is 0 Å². The third-order valence-corrected chi connectivity index (χ3v) is 1.99. The predicted molar refractivity (Wildman–Crippen MR) is 48.6 cm³/mol. The van der Waals surface area contributed by atoms with Gasteiger partial charge in [-0.15, -0.1) is 0 Å². The molecule has 66 valence electrons. The van der Waals surface area contributed by atoms with Crippen molar-refractivity contribution in [2.45, 2.75) is 26.2 Å². The fourth-order valence-corrected chi connectivity index (χ4v) is 1.12. The summed E-state index contributed by atoms with van der Waals surface area (Å²) in [4.78, 5) is 11.6. The molecule has 0 spiro atoms. The molecule has 1 rings (SSSR count). The number of halogens is 2. The van der Waals surface area contributed by atoms with Crippen LogP contribution in [0.2, 0.25) is 10.6 Å². The van der Waals surface area contributed by atoms with E-state index in [1.165, 1.54) is 0 Å². The van der Waals surface area contributed by atoms with Gasteiger partial charge in [-0.25, -0.2) is 9.97 Å². The zero-order valence-electron chi connectivity index (χ0n) is 6.88. The van der Waals surface area contributed by atoms with E-state index in [1.807, 2.05) is 6.92 Å². The average Bonchev–Trinajstić information content (AvgIpc) is 2.01. The Bertz CT molecular complexity index is 257. The summed E-state index contributed by atoms with van der Waals surface area (Å²) in [6.07, 6.45) is 0.955. The Hall–Kier alpha value is -0.410. The first-order chi connectivity index (χ1) is 5.63. The number of nitrogens with zero attached hydrogens (tertiary/aromatic N) is 3. The van der Waals surface area contributed by atoms with E-state index in [0.717, 1.165) is 6.42 Å². The van der Waals surface area contributed by atoms with Gasteiger partial charge in [-0.1, -0.05) is 13.8 Å². The van der Waals surface area contributed by atoms with Crippen molar-refractivity contribution in [3.05, 3.63) is 16.4 Å². The van der Waals surface area contributed by atoms with E-state index in [0.29, 0.717) is 5.82 Å². The van der Waals surface area contributed by atoms with Crippen LogP contribution in [0.15, 0.2) is 0 Å². The van der Waals surface area contributed by atoms with Crippen molar-refractivity contribution in [3.63, 3.8) is 0 Å². The molecule has 5 heteroatoms. The lowest BCUT2D eigenvalue weighted by atomic mass is 10.1. The molecule has 1 aromatic heterocycles. The number of hydrogen-bond donors (Lipinski definition) is 0. The van der Waals surface area contributed by atoms with Crippen LogP contribution in [0.4, 0.5) is 0 Å². The van der Waals surface area contributed by atoms with E-state index in [-0.39, 0.29) is 16.5 Å². The van der Waals surface area contributed by atoms with Gasteiger partial charge < -0.3 is 0 Å². The SMILES string of the molecule is CCC(C)c1nc(Cl)nc(Cl)n1. The molecule has 0 N–H and O–H groups in total. The largest absolute Gasteiger partial charge is 0.226 e. The predicted octanol–water partition coefficient (Wildman–Crippen LogP) is 2.69. The Morgan fingerprint density at radius 2 is 1.67 bits per heavy atom. The van der Waals surface area contributed by atoms with Gasteiger partial charge in [0.25, 0.3) is 0 Å². The van der Waals surface area contributed by atoms with Gasteiger partial charge in [0.15, 0.2) is 0 Å². The molecule has 0 aliphatic carbocycles. The highest BCUT2D eigenvalue weighted by atomic mass is 35.5. The van der Waals surface area contributed by atoms with E-state index < -0.39 is 0 Å². The first kappa shape index (κ1) is 9.68. The minimum atomic E-state index is 0.158. The Morgan fingerprint density at radius 3 is 2.08 bits per heavy atom. The molecular formula is C7H9Cl2N3. The Balaban J connectivity index is 3.00. The van der Waals surface area contributed by atoms with Gasteiger partial charge >= 0.3 is 0 Å². The zero-order chi connectivity index (χ0) is 9.14. The molecule has 0 saturated carbocycles. The number of rotatable bonds is 2. The second-order valence-corrected chi connectivity index (χ2v) is 3.22. The van der Waals surface area contributed by atoms with Crippen molar-refractivity contribution >= 4 is 23.2 Å². The van der Waals surface area contributed by atoms with Crippen LogP contribution >= 0.6 is 23.2 Å². The molecule has 1 aromatic rings. The molecule has 0 aliphatic heterocycles. The van der Waals surface area contributed by atoms with Crippen molar-refractivity contribution in [3.8, 4) is 0 Å². The minimum Gasteiger partial charge on any atom is -0.202 e. The molecule has 0 fully saturated rings. The second-order valence-electron chi connectivity index (χ2n) is 2.54. The molecule has 1 unspecified atom stereocenters. The van der Waals surface area contributed by atoms with Crippen LogP contribution < -0.4 is 0 Å². The van der Waals surface area contributed by atoms with Crippen LogP contribution in [0.1, 0.15) is 32.0 Å². The van der Waals surface area contributed by atoms with E-state index in [4.69, 9.17) is 23.2 Å². The van der Waals surface area contributed by atoms with Crippen LogP contribution in [0.5, 0.6) is 0 Å².